The van der Waals surface area contributed by atoms with Gasteiger partial charge in [-0.05, 0) is 82.8 Å². The van der Waals surface area contributed by atoms with Gasteiger partial charge in [-0.1, -0.05) is 43.0 Å². The average Bonchev–Trinajstić information content (AvgIpc) is 3.04. The highest BCUT2D eigenvalue weighted by molar-refractivity contribution is 6.41. The second-order valence-electron chi connectivity index (χ2n) is 12.4. The molecule has 4 bridgehead atoms. The predicted octanol–water partition coefficient (Wildman–Crippen LogP) is 5.14. The summed E-state index contributed by atoms with van der Waals surface area (Å²) >= 11 is 0. The molecule has 2 saturated carbocycles. The lowest BCUT2D eigenvalue weighted by molar-refractivity contribution is -0.129. The minimum Gasteiger partial charge on any atom is -0.476 e. The third kappa shape index (κ3) is 4.76. The Bertz CT molecular complexity index is 1260. The fourth-order valence-corrected chi connectivity index (χ4v) is 8.11. The molecule has 38 heavy (non-hydrogen) atoms. The Balaban J connectivity index is 1.34. The number of benzene rings is 1. The highest BCUT2D eigenvalue weighted by atomic mass is 16.6. The van der Waals surface area contributed by atoms with Crippen molar-refractivity contribution < 1.29 is 14.7 Å². The molecule has 2 aliphatic carbocycles. The zero-order valence-electron chi connectivity index (χ0n) is 22.6. The van der Waals surface area contributed by atoms with Gasteiger partial charge >= 0.3 is 5.97 Å². The molecule has 0 amide bonds. The summed E-state index contributed by atoms with van der Waals surface area (Å²) in [6.45, 7) is 3.53. The molecule has 4 fully saturated rings. The van der Waals surface area contributed by atoms with E-state index in [0.29, 0.717) is 23.6 Å². The topological polar surface area (TPSA) is 97.0 Å². The van der Waals surface area contributed by atoms with Crippen molar-refractivity contribution in [2.45, 2.75) is 115 Å². The molecule has 6 atom stereocenters. The Hall–Kier alpha value is -2.74. The number of carboxylic acids is 1. The average molecular weight is 521 g/mol. The fourth-order valence-electron chi connectivity index (χ4n) is 8.11. The molecule has 4 aliphatic rings. The lowest BCUT2D eigenvalue weighted by Crippen LogP contribution is -2.52. The van der Waals surface area contributed by atoms with Crippen LogP contribution in [0.1, 0.15) is 96.2 Å². The Labute approximate surface area is 224 Å². The van der Waals surface area contributed by atoms with Crippen LogP contribution < -0.4 is 5.56 Å². The van der Waals surface area contributed by atoms with Crippen LogP contribution in [0.25, 0.3) is 11.0 Å². The molecule has 2 aliphatic heterocycles. The number of fused-ring (bicyclic) bond motifs is 5. The van der Waals surface area contributed by atoms with E-state index in [-0.39, 0.29) is 17.8 Å². The van der Waals surface area contributed by atoms with Crippen molar-refractivity contribution in [1.29, 1.82) is 0 Å². The van der Waals surface area contributed by atoms with E-state index >= 15 is 0 Å². The fraction of sp³-hybridized carbons (Fsp3) is 0.667. The van der Waals surface area contributed by atoms with Gasteiger partial charge in [0.2, 0.25) is 5.71 Å². The van der Waals surface area contributed by atoms with Gasteiger partial charge in [-0.3, -0.25) is 9.69 Å². The first kappa shape index (κ1) is 25.5. The molecule has 1 aromatic carbocycles. The third-order valence-corrected chi connectivity index (χ3v) is 9.48. The molecule has 3 heterocycles. The number of aromatic nitrogens is 2. The summed E-state index contributed by atoms with van der Waals surface area (Å²) in [5.74, 6) is 0.453. The molecule has 6 rings (SSSR count). The van der Waals surface area contributed by atoms with Gasteiger partial charge < -0.3 is 14.5 Å². The van der Waals surface area contributed by atoms with E-state index in [2.05, 4.69) is 15.0 Å². The van der Waals surface area contributed by atoms with E-state index in [4.69, 9.17) is 4.84 Å². The number of aliphatic carboxylic acids is 1. The van der Waals surface area contributed by atoms with Crippen molar-refractivity contribution in [1.82, 2.24) is 14.5 Å². The van der Waals surface area contributed by atoms with Crippen LogP contribution in [0, 0.1) is 11.8 Å². The minimum atomic E-state index is -1.31. The van der Waals surface area contributed by atoms with Gasteiger partial charge in [0, 0.05) is 24.2 Å². The number of hydrogen-bond donors (Lipinski definition) is 1. The Morgan fingerprint density at radius 2 is 1.61 bits per heavy atom. The Morgan fingerprint density at radius 1 is 0.947 bits per heavy atom. The first-order valence-corrected chi connectivity index (χ1v) is 14.6. The summed E-state index contributed by atoms with van der Waals surface area (Å²) in [7, 11) is 0. The Morgan fingerprint density at radius 3 is 2.24 bits per heavy atom. The maximum absolute atomic E-state index is 13.9. The highest BCUT2D eigenvalue weighted by Gasteiger charge is 2.47. The maximum Gasteiger partial charge on any atom is 0.360 e. The molecule has 0 spiro atoms. The third-order valence-electron chi connectivity index (χ3n) is 9.48. The number of nitrogens with zero attached hydrogens (tertiary/aromatic N) is 4. The van der Waals surface area contributed by atoms with E-state index in [1.165, 1.54) is 57.8 Å². The van der Waals surface area contributed by atoms with Gasteiger partial charge in [0.1, 0.15) is 6.10 Å². The summed E-state index contributed by atoms with van der Waals surface area (Å²) < 4.78 is 1.83. The molecule has 2 aromatic rings. The molecule has 1 N–H and O–H groups in total. The van der Waals surface area contributed by atoms with E-state index < -0.39 is 17.2 Å². The van der Waals surface area contributed by atoms with Crippen LogP contribution in [0.15, 0.2) is 34.2 Å². The first-order chi connectivity index (χ1) is 18.4. The summed E-state index contributed by atoms with van der Waals surface area (Å²) in [5.41, 5.74) is 0.388. The van der Waals surface area contributed by atoms with Crippen LogP contribution in [0.2, 0.25) is 0 Å². The zero-order chi connectivity index (χ0) is 26.4. The van der Waals surface area contributed by atoms with Crippen LogP contribution in [-0.2, 0) is 9.63 Å². The molecular formula is C30H40N4O4. The van der Waals surface area contributed by atoms with Crippen molar-refractivity contribution >= 4 is 22.7 Å². The number of hydrogen-bond acceptors (Lipinski definition) is 6. The zero-order valence-corrected chi connectivity index (χ0v) is 22.6. The summed E-state index contributed by atoms with van der Waals surface area (Å²) in [4.78, 5) is 38.7. The molecule has 0 radical (unpaired) electrons. The van der Waals surface area contributed by atoms with Crippen molar-refractivity contribution in [2.24, 2.45) is 17.0 Å². The van der Waals surface area contributed by atoms with Gasteiger partial charge in [-0.25, -0.2) is 9.78 Å². The minimum absolute atomic E-state index is 0.00910. The van der Waals surface area contributed by atoms with Crippen LogP contribution >= 0.6 is 0 Å². The van der Waals surface area contributed by atoms with E-state index in [1.54, 1.807) is 13.8 Å². The van der Waals surface area contributed by atoms with Crippen LogP contribution in [0.3, 0.4) is 0 Å². The Kier molecular flexibility index (Phi) is 7.01. The quantitative estimate of drug-likeness (QED) is 0.419. The first-order valence-electron chi connectivity index (χ1n) is 14.6. The molecule has 204 valence electrons. The number of piperidine rings is 1. The summed E-state index contributed by atoms with van der Waals surface area (Å²) in [5, 5.41) is 13.7. The van der Waals surface area contributed by atoms with Gasteiger partial charge in [-0.2, -0.15) is 0 Å². The number of oxime groups is 1. The SMILES string of the molecule is CC(C)O/N=C(\C(=O)O)c1nc2ccccc2n(C2C[C@H]3CC[C@@H](C2)N3C2C[C@H]3CCCC[C@@H](C2)C3)c1=O. The molecule has 2 saturated heterocycles. The molecular weight excluding hydrogens is 480 g/mol. The van der Waals surface area contributed by atoms with E-state index in [1.807, 2.05) is 28.8 Å². The van der Waals surface area contributed by atoms with Crippen LogP contribution in [0.4, 0.5) is 0 Å². The van der Waals surface area contributed by atoms with Gasteiger partial charge in [0.15, 0.2) is 5.69 Å². The number of carbonyl (C=O) groups is 1. The van der Waals surface area contributed by atoms with Gasteiger partial charge in [0.05, 0.1) is 11.0 Å². The van der Waals surface area contributed by atoms with Crippen molar-refractivity contribution in [3.05, 3.63) is 40.3 Å². The largest absolute Gasteiger partial charge is 0.476 e. The molecule has 8 nitrogen and oxygen atoms in total. The van der Waals surface area contributed by atoms with Gasteiger partial charge in [-0.15, -0.1) is 0 Å². The normalized spacial score (nSPS) is 31.9. The monoisotopic (exact) mass is 520 g/mol. The molecule has 1 aromatic heterocycles. The predicted molar refractivity (Wildman–Crippen MR) is 146 cm³/mol. The highest BCUT2D eigenvalue weighted by Crippen LogP contribution is 2.47. The van der Waals surface area contributed by atoms with Crippen molar-refractivity contribution in [3.63, 3.8) is 0 Å². The summed E-state index contributed by atoms with van der Waals surface area (Å²) in [6, 6.07) is 9.18. The summed E-state index contributed by atoms with van der Waals surface area (Å²) in [6.07, 6.45) is 13.6. The maximum atomic E-state index is 13.9. The molecule has 2 unspecified atom stereocenters. The lowest BCUT2D eigenvalue weighted by Gasteiger charge is -2.48. The second-order valence-corrected chi connectivity index (χ2v) is 12.4. The lowest BCUT2D eigenvalue weighted by atomic mass is 9.76. The number of para-hydroxylation sites is 2. The molecule has 8 heteroatoms. The second kappa shape index (κ2) is 10.4. The smallest absolute Gasteiger partial charge is 0.360 e. The number of rotatable bonds is 6. The standard InChI is InChI=1S/C30H40N4O4/c1-18(2)38-32-28(30(36)37)27-29(35)34(26-10-6-5-9-25(26)31-27)24-16-21-11-12-22(17-24)33(21)23-14-19-7-3-4-8-20(13-19)15-23/h5-6,9-10,18-24H,3-4,7-8,11-17H2,1-2H3,(H,36,37)/b32-28-/t19-,20+,21-,22+,23?,24?. The van der Waals surface area contributed by atoms with Crippen LogP contribution in [-0.4, -0.2) is 55.5 Å². The van der Waals surface area contributed by atoms with Gasteiger partial charge in [0.25, 0.3) is 5.56 Å². The van der Waals surface area contributed by atoms with Crippen molar-refractivity contribution in [3.8, 4) is 0 Å². The van der Waals surface area contributed by atoms with E-state index in [9.17, 15) is 14.7 Å². The van der Waals surface area contributed by atoms with Crippen molar-refractivity contribution in [2.75, 3.05) is 0 Å². The van der Waals surface area contributed by atoms with E-state index in [0.717, 1.165) is 30.2 Å². The number of carboxylic acid groups (broad SMARTS) is 1. The van der Waals surface area contributed by atoms with Crippen LogP contribution in [0.5, 0.6) is 0 Å².